The van der Waals surface area contributed by atoms with Crippen LogP contribution in [0.4, 0.5) is 5.69 Å². The summed E-state index contributed by atoms with van der Waals surface area (Å²) < 4.78 is 29.3. The van der Waals surface area contributed by atoms with E-state index >= 15 is 0 Å². The van der Waals surface area contributed by atoms with E-state index in [0.29, 0.717) is 41.2 Å². The van der Waals surface area contributed by atoms with Crippen LogP contribution in [0.3, 0.4) is 0 Å². The molecule has 2 aliphatic heterocycles. The molecule has 4 rings (SSSR count). The first-order valence-electron chi connectivity index (χ1n) is 10.2. The first kappa shape index (κ1) is 21.3. The molecule has 1 spiro atoms. The molecule has 0 bridgehead atoms. The van der Waals surface area contributed by atoms with Gasteiger partial charge in [-0.1, -0.05) is 0 Å². The Labute approximate surface area is 182 Å². The van der Waals surface area contributed by atoms with Gasteiger partial charge >= 0.3 is 0 Å². The molecule has 8 heteroatoms. The van der Waals surface area contributed by atoms with Gasteiger partial charge in [-0.3, -0.25) is 9.69 Å². The van der Waals surface area contributed by atoms with Gasteiger partial charge < -0.3 is 10.1 Å². The Balaban J connectivity index is 1.35. The quantitative estimate of drug-likeness (QED) is 0.769. The zero-order valence-corrected chi connectivity index (χ0v) is 18.5. The number of hydrogen-bond donors (Lipinski definition) is 1. The number of nitriles is 1. The summed E-state index contributed by atoms with van der Waals surface area (Å²) in [7, 11) is -3.24. The summed E-state index contributed by atoms with van der Waals surface area (Å²) in [6.07, 6.45) is 2.59. The summed E-state index contributed by atoms with van der Waals surface area (Å²) in [5, 5.41) is 12.2. The van der Waals surface area contributed by atoms with E-state index in [1.807, 2.05) is 12.1 Å². The number of benzene rings is 2. The molecule has 2 aliphatic rings. The van der Waals surface area contributed by atoms with Crippen LogP contribution < -0.4 is 10.1 Å². The van der Waals surface area contributed by atoms with Crippen LogP contribution >= 0.6 is 0 Å². The molecule has 0 aromatic heterocycles. The van der Waals surface area contributed by atoms with Crippen molar-refractivity contribution in [1.29, 1.82) is 5.26 Å². The SMILES string of the molecule is Cc1cc(OCCN2CCC3(CC2)C(=O)Nc2ccc(C#N)cc23)ccc1S(C)(=O)=O. The zero-order valence-electron chi connectivity index (χ0n) is 17.6. The van der Waals surface area contributed by atoms with Gasteiger partial charge in [-0.2, -0.15) is 5.26 Å². The van der Waals surface area contributed by atoms with E-state index in [0.717, 1.165) is 30.9 Å². The number of rotatable bonds is 5. The van der Waals surface area contributed by atoms with Crippen molar-refractivity contribution in [2.24, 2.45) is 0 Å². The minimum atomic E-state index is -3.24. The van der Waals surface area contributed by atoms with Crippen molar-refractivity contribution in [3.8, 4) is 11.8 Å². The van der Waals surface area contributed by atoms with E-state index in [9.17, 15) is 18.5 Å². The lowest BCUT2D eigenvalue weighted by atomic mass is 9.73. The van der Waals surface area contributed by atoms with Crippen LogP contribution in [0, 0.1) is 18.3 Å². The summed E-state index contributed by atoms with van der Waals surface area (Å²) in [6.45, 7) is 4.48. The molecule has 2 heterocycles. The molecule has 2 aromatic rings. The molecular weight excluding hydrogens is 414 g/mol. The number of nitrogens with zero attached hydrogens (tertiary/aromatic N) is 2. The van der Waals surface area contributed by atoms with E-state index in [4.69, 9.17) is 4.74 Å². The average Bonchev–Trinajstić information content (AvgIpc) is 2.99. The number of amides is 1. The third-order valence-corrected chi connectivity index (χ3v) is 7.54. The Hall–Kier alpha value is -2.89. The second-order valence-corrected chi connectivity index (χ2v) is 10.3. The molecule has 2 aromatic carbocycles. The molecule has 1 saturated heterocycles. The summed E-state index contributed by atoms with van der Waals surface area (Å²) in [5.74, 6) is 0.668. The first-order chi connectivity index (χ1) is 14.7. The molecule has 0 atom stereocenters. The van der Waals surface area contributed by atoms with Crippen molar-refractivity contribution in [2.45, 2.75) is 30.1 Å². The Kier molecular flexibility index (Phi) is 5.50. The molecule has 7 nitrogen and oxygen atoms in total. The summed E-state index contributed by atoms with van der Waals surface area (Å²) in [6, 6.07) is 12.6. The van der Waals surface area contributed by atoms with E-state index in [-0.39, 0.29) is 5.91 Å². The highest BCUT2D eigenvalue weighted by Crippen LogP contribution is 2.45. The fraction of sp³-hybridized carbons (Fsp3) is 0.391. The molecular formula is C23H25N3O4S. The van der Waals surface area contributed by atoms with Gasteiger partial charge in [0.05, 0.1) is 21.9 Å². The fourth-order valence-corrected chi connectivity index (χ4v) is 5.52. The number of hydrogen-bond acceptors (Lipinski definition) is 6. The molecule has 0 radical (unpaired) electrons. The summed E-state index contributed by atoms with van der Waals surface area (Å²) >= 11 is 0. The topological polar surface area (TPSA) is 99.5 Å². The predicted molar refractivity (Wildman–Crippen MR) is 117 cm³/mol. The van der Waals surface area contributed by atoms with Gasteiger partial charge in [0, 0.05) is 18.5 Å². The van der Waals surface area contributed by atoms with E-state index in [1.165, 1.54) is 6.26 Å². The van der Waals surface area contributed by atoms with Gasteiger partial charge in [-0.15, -0.1) is 0 Å². The Morgan fingerprint density at radius 1 is 1.19 bits per heavy atom. The smallest absolute Gasteiger partial charge is 0.235 e. The van der Waals surface area contributed by atoms with Crippen molar-refractivity contribution >= 4 is 21.4 Å². The van der Waals surface area contributed by atoms with Crippen molar-refractivity contribution in [3.05, 3.63) is 53.1 Å². The number of likely N-dealkylation sites (tertiary alicyclic amines) is 1. The molecule has 162 valence electrons. The normalized spacial score (nSPS) is 17.8. The zero-order chi connectivity index (χ0) is 22.2. The molecule has 1 N–H and O–H groups in total. The van der Waals surface area contributed by atoms with Crippen molar-refractivity contribution in [2.75, 3.05) is 37.8 Å². The summed E-state index contributed by atoms with van der Waals surface area (Å²) in [4.78, 5) is 15.3. The highest BCUT2D eigenvalue weighted by Gasteiger charge is 2.48. The van der Waals surface area contributed by atoms with Crippen LogP contribution in [0.1, 0.15) is 29.5 Å². The Morgan fingerprint density at radius 3 is 2.58 bits per heavy atom. The molecule has 0 unspecified atom stereocenters. The number of carbonyl (C=O) groups is 1. The van der Waals surface area contributed by atoms with Crippen LogP contribution in [0.15, 0.2) is 41.3 Å². The molecule has 1 fully saturated rings. The number of piperidine rings is 1. The van der Waals surface area contributed by atoms with Crippen molar-refractivity contribution in [1.82, 2.24) is 4.90 Å². The van der Waals surface area contributed by atoms with Crippen LogP contribution in [0.25, 0.3) is 0 Å². The number of nitrogens with one attached hydrogen (secondary N) is 1. The van der Waals surface area contributed by atoms with Crippen LogP contribution in [-0.4, -0.2) is 51.7 Å². The maximum absolute atomic E-state index is 12.8. The maximum Gasteiger partial charge on any atom is 0.235 e. The lowest BCUT2D eigenvalue weighted by molar-refractivity contribution is -0.122. The number of carbonyl (C=O) groups excluding carboxylic acids is 1. The van der Waals surface area contributed by atoms with Crippen LogP contribution in [0.5, 0.6) is 5.75 Å². The second-order valence-electron chi connectivity index (χ2n) is 8.30. The van der Waals surface area contributed by atoms with Gasteiger partial charge in [-0.05, 0) is 80.4 Å². The van der Waals surface area contributed by atoms with Gasteiger partial charge in [0.15, 0.2) is 9.84 Å². The lowest BCUT2D eigenvalue weighted by Gasteiger charge is -2.38. The number of sulfone groups is 1. The average molecular weight is 440 g/mol. The Morgan fingerprint density at radius 2 is 1.94 bits per heavy atom. The highest BCUT2D eigenvalue weighted by atomic mass is 32.2. The number of aryl methyl sites for hydroxylation is 1. The largest absolute Gasteiger partial charge is 0.492 e. The second kappa shape index (κ2) is 7.98. The van der Waals surface area contributed by atoms with Crippen LogP contribution in [0.2, 0.25) is 0 Å². The fourth-order valence-electron chi connectivity index (χ4n) is 4.56. The monoisotopic (exact) mass is 439 g/mol. The van der Waals surface area contributed by atoms with Crippen molar-refractivity contribution < 1.29 is 17.9 Å². The van der Waals surface area contributed by atoms with Crippen molar-refractivity contribution in [3.63, 3.8) is 0 Å². The highest BCUT2D eigenvalue weighted by molar-refractivity contribution is 7.90. The number of anilines is 1. The lowest BCUT2D eigenvalue weighted by Crippen LogP contribution is -2.47. The van der Waals surface area contributed by atoms with Gasteiger partial charge in [0.25, 0.3) is 0 Å². The Bertz CT molecular complexity index is 1180. The molecule has 31 heavy (non-hydrogen) atoms. The van der Waals surface area contributed by atoms with E-state index in [1.54, 1.807) is 31.2 Å². The van der Waals surface area contributed by atoms with Gasteiger partial charge in [0.2, 0.25) is 5.91 Å². The summed E-state index contributed by atoms with van der Waals surface area (Å²) in [5.41, 5.74) is 2.44. The minimum absolute atomic E-state index is 0.0231. The molecule has 0 aliphatic carbocycles. The van der Waals surface area contributed by atoms with Crippen LogP contribution in [-0.2, 0) is 20.0 Å². The third-order valence-electron chi connectivity index (χ3n) is 6.28. The first-order valence-corrected chi connectivity index (χ1v) is 12.1. The standard InChI is InChI=1S/C23H25N3O4S/c1-16-13-18(4-6-21(16)31(2,28)29)30-12-11-26-9-7-23(8-10-26)19-14-17(15-24)3-5-20(19)25-22(23)27/h3-6,13-14H,7-12H2,1-2H3,(H,25,27). The van der Waals surface area contributed by atoms with Gasteiger partial charge in [-0.25, -0.2) is 8.42 Å². The van der Waals surface area contributed by atoms with E-state index < -0.39 is 15.3 Å². The molecule has 0 saturated carbocycles. The maximum atomic E-state index is 12.8. The number of ether oxygens (including phenoxy) is 1. The van der Waals surface area contributed by atoms with E-state index in [2.05, 4.69) is 16.3 Å². The number of fused-ring (bicyclic) bond motifs is 2. The minimum Gasteiger partial charge on any atom is -0.492 e. The predicted octanol–water partition coefficient (Wildman–Crippen LogP) is 2.63. The van der Waals surface area contributed by atoms with Gasteiger partial charge in [0.1, 0.15) is 12.4 Å². The third kappa shape index (κ3) is 4.03. The molecule has 1 amide bonds.